The molecule has 2 aromatic rings. The van der Waals surface area contributed by atoms with Crippen LogP contribution < -0.4 is 5.73 Å². The van der Waals surface area contributed by atoms with Crippen LogP contribution >= 0.6 is 0 Å². The monoisotopic (exact) mass is 301 g/mol. The fourth-order valence-electron chi connectivity index (χ4n) is 2.61. The minimum atomic E-state index is -0.994. The first-order valence-corrected chi connectivity index (χ1v) is 7.37. The fourth-order valence-corrected chi connectivity index (χ4v) is 2.61. The lowest BCUT2D eigenvalue weighted by Crippen LogP contribution is -2.35. The van der Waals surface area contributed by atoms with E-state index in [-0.39, 0.29) is 12.0 Å². The molecular formula is C17H23N3O2. The van der Waals surface area contributed by atoms with Gasteiger partial charge in [0.05, 0.1) is 0 Å². The summed E-state index contributed by atoms with van der Waals surface area (Å²) in [5, 5.41) is 9.02. The number of nitrogens with two attached hydrogens (primary N) is 1. The Morgan fingerprint density at radius 3 is 2.50 bits per heavy atom. The van der Waals surface area contributed by atoms with Crippen LogP contribution in [0.1, 0.15) is 37.9 Å². The molecule has 5 heteroatoms. The number of hydrogen-bond acceptors (Lipinski definition) is 3. The van der Waals surface area contributed by atoms with Crippen LogP contribution in [0.25, 0.3) is 0 Å². The quantitative estimate of drug-likeness (QED) is 0.887. The van der Waals surface area contributed by atoms with Crippen LogP contribution in [0.15, 0.2) is 36.5 Å². The highest BCUT2D eigenvalue weighted by molar-refractivity contribution is 5.73. The predicted molar refractivity (Wildman–Crippen MR) is 85.8 cm³/mol. The van der Waals surface area contributed by atoms with Crippen LogP contribution in [0.5, 0.6) is 0 Å². The van der Waals surface area contributed by atoms with E-state index in [9.17, 15) is 4.79 Å². The summed E-state index contributed by atoms with van der Waals surface area (Å²) in [6.07, 6.45) is 2.72. The Morgan fingerprint density at radius 1 is 1.32 bits per heavy atom. The van der Waals surface area contributed by atoms with E-state index in [1.807, 2.05) is 18.2 Å². The second-order valence-electron chi connectivity index (χ2n) is 6.48. The van der Waals surface area contributed by atoms with Gasteiger partial charge in [-0.05, 0) is 26.3 Å². The van der Waals surface area contributed by atoms with E-state index in [0.717, 1.165) is 11.5 Å². The van der Waals surface area contributed by atoms with E-state index >= 15 is 0 Å². The van der Waals surface area contributed by atoms with Gasteiger partial charge in [0, 0.05) is 30.3 Å². The second-order valence-corrected chi connectivity index (χ2v) is 6.48. The van der Waals surface area contributed by atoms with Crippen LogP contribution in [0, 0.1) is 0 Å². The standard InChI is InChI=1S/C17H23N3O2/c1-17(2,3)20-13(10-14(18)16(21)22)11-19-15(20)9-12-7-5-4-6-8-12/h4-8,11,14H,9-10,18H2,1-3H3,(H,21,22). The van der Waals surface area contributed by atoms with E-state index < -0.39 is 12.0 Å². The van der Waals surface area contributed by atoms with E-state index in [1.165, 1.54) is 5.56 Å². The molecule has 0 radical (unpaired) electrons. The second kappa shape index (κ2) is 6.32. The molecule has 118 valence electrons. The molecule has 1 atom stereocenters. The van der Waals surface area contributed by atoms with Gasteiger partial charge in [-0.25, -0.2) is 4.98 Å². The third kappa shape index (κ3) is 3.74. The predicted octanol–water partition coefficient (Wildman–Crippen LogP) is 2.18. The Balaban J connectivity index is 2.35. The van der Waals surface area contributed by atoms with Crippen molar-refractivity contribution in [3.63, 3.8) is 0 Å². The van der Waals surface area contributed by atoms with Crippen molar-refractivity contribution in [2.45, 2.75) is 45.2 Å². The van der Waals surface area contributed by atoms with E-state index in [4.69, 9.17) is 10.8 Å². The van der Waals surface area contributed by atoms with Crippen LogP contribution in [0.3, 0.4) is 0 Å². The topological polar surface area (TPSA) is 81.1 Å². The van der Waals surface area contributed by atoms with Gasteiger partial charge in [-0.15, -0.1) is 0 Å². The molecule has 1 heterocycles. The zero-order valence-electron chi connectivity index (χ0n) is 13.3. The van der Waals surface area contributed by atoms with Gasteiger partial charge in [-0.2, -0.15) is 0 Å². The molecule has 1 aromatic carbocycles. The highest BCUT2D eigenvalue weighted by Crippen LogP contribution is 2.22. The number of carboxylic acids is 1. The minimum Gasteiger partial charge on any atom is -0.480 e. The van der Waals surface area contributed by atoms with Gasteiger partial charge in [0.15, 0.2) is 0 Å². The summed E-state index contributed by atoms with van der Waals surface area (Å²) in [6, 6.07) is 9.19. The van der Waals surface area contributed by atoms with Crippen LogP contribution in [-0.4, -0.2) is 26.7 Å². The lowest BCUT2D eigenvalue weighted by Gasteiger charge is -2.27. The van der Waals surface area contributed by atoms with Crippen molar-refractivity contribution in [2.75, 3.05) is 0 Å². The van der Waals surface area contributed by atoms with E-state index in [0.29, 0.717) is 6.42 Å². The highest BCUT2D eigenvalue weighted by atomic mass is 16.4. The van der Waals surface area contributed by atoms with Gasteiger partial charge in [0.1, 0.15) is 11.9 Å². The zero-order chi connectivity index (χ0) is 16.3. The molecule has 0 fully saturated rings. The number of imidazole rings is 1. The maximum absolute atomic E-state index is 11.0. The molecule has 0 spiro atoms. The van der Waals surface area contributed by atoms with Crippen molar-refractivity contribution in [3.05, 3.63) is 53.6 Å². The van der Waals surface area contributed by atoms with Gasteiger partial charge in [-0.3, -0.25) is 4.79 Å². The van der Waals surface area contributed by atoms with Gasteiger partial charge < -0.3 is 15.4 Å². The first-order chi connectivity index (χ1) is 10.3. The van der Waals surface area contributed by atoms with Crippen molar-refractivity contribution < 1.29 is 9.90 Å². The number of carbonyl (C=O) groups is 1. The van der Waals surface area contributed by atoms with Crippen LogP contribution in [0.2, 0.25) is 0 Å². The Bertz CT molecular complexity index is 642. The molecule has 1 aromatic heterocycles. The molecule has 0 saturated carbocycles. The number of benzene rings is 1. The molecule has 22 heavy (non-hydrogen) atoms. The van der Waals surface area contributed by atoms with Crippen LogP contribution in [0.4, 0.5) is 0 Å². The number of aliphatic carboxylic acids is 1. The Kier molecular flexibility index (Phi) is 4.66. The summed E-state index contributed by atoms with van der Waals surface area (Å²) in [7, 11) is 0. The van der Waals surface area contributed by atoms with Crippen molar-refractivity contribution >= 4 is 5.97 Å². The Labute approximate surface area is 130 Å². The van der Waals surface area contributed by atoms with Crippen molar-refractivity contribution in [3.8, 4) is 0 Å². The third-order valence-electron chi connectivity index (χ3n) is 3.53. The number of rotatable bonds is 5. The Morgan fingerprint density at radius 2 is 1.95 bits per heavy atom. The van der Waals surface area contributed by atoms with Crippen molar-refractivity contribution in [1.29, 1.82) is 0 Å². The van der Waals surface area contributed by atoms with E-state index in [1.54, 1.807) is 6.20 Å². The average Bonchev–Trinajstić information content (AvgIpc) is 2.82. The molecule has 0 amide bonds. The molecule has 3 N–H and O–H groups in total. The maximum Gasteiger partial charge on any atom is 0.320 e. The van der Waals surface area contributed by atoms with Gasteiger partial charge in [0.25, 0.3) is 0 Å². The molecule has 2 rings (SSSR count). The third-order valence-corrected chi connectivity index (χ3v) is 3.53. The number of carboxylic acid groups (broad SMARTS) is 1. The molecule has 0 aliphatic rings. The summed E-state index contributed by atoms with van der Waals surface area (Å²) in [5.41, 5.74) is 7.52. The molecule has 0 aliphatic carbocycles. The average molecular weight is 301 g/mol. The molecule has 1 unspecified atom stereocenters. The first-order valence-electron chi connectivity index (χ1n) is 7.37. The molecule has 5 nitrogen and oxygen atoms in total. The van der Waals surface area contributed by atoms with E-state index in [2.05, 4.69) is 42.5 Å². The highest BCUT2D eigenvalue weighted by Gasteiger charge is 2.24. The lowest BCUT2D eigenvalue weighted by atomic mass is 10.0. The molecule has 0 bridgehead atoms. The Hall–Kier alpha value is -2.14. The smallest absolute Gasteiger partial charge is 0.320 e. The summed E-state index contributed by atoms with van der Waals surface area (Å²) in [5.74, 6) is -0.0717. The number of aromatic nitrogens is 2. The van der Waals surface area contributed by atoms with Crippen molar-refractivity contribution in [2.24, 2.45) is 5.73 Å². The maximum atomic E-state index is 11.0. The SMILES string of the molecule is CC(C)(C)n1c(CC(N)C(=O)O)cnc1Cc1ccccc1. The van der Waals surface area contributed by atoms with Crippen LogP contribution in [-0.2, 0) is 23.2 Å². The number of hydrogen-bond donors (Lipinski definition) is 2. The largest absolute Gasteiger partial charge is 0.480 e. The summed E-state index contributed by atoms with van der Waals surface area (Å²) in [6.45, 7) is 6.25. The summed E-state index contributed by atoms with van der Waals surface area (Å²) in [4.78, 5) is 15.5. The number of nitrogens with zero attached hydrogens (tertiary/aromatic N) is 2. The summed E-state index contributed by atoms with van der Waals surface area (Å²) < 4.78 is 2.10. The fraction of sp³-hybridized carbons (Fsp3) is 0.412. The first kappa shape index (κ1) is 16.2. The van der Waals surface area contributed by atoms with Gasteiger partial charge in [0.2, 0.25) is 0 Å². The normalized spacial score (nSPS) is 13.1. The van der Waals surface area contributed by atoms with Gasteiger partial charge >= 0.3 is 5.97 Å². The molecule has 0 aliphatic heterocycles. The lowest BCUT2D eigenvalue weighted by molar-refractivity contribution is -0.138. The zero-order valence-corrected chi connectivity index (χ0v) is 13.3. The van der Waals surface area contributed by atoms with Gasteiger partial charge in [-0.1, -0.05) is 30.3 Å². The molecule has 0 saturated heterocycles. The summed E-state index contributed by atoms with van der Waals surface area (Å²) >= 11 is 0. The van der Waals surface area contributed by atoms with Crippen molar-refractivity contribution in [1.82, 2.24) is 9.55 Å². The molecular weight excluding hydrogens is 278 g/mol. The minimum absolute atomic E-state index is 0.186.